The van der Waals surface area contributed by atoms with Gasteiger partial charge in [0.25, 0.3) is 0 Å². The van der Waals surface area contributed by atoms with E-state index in [9.17, 15) is 0 Å². The Labute approximate surface area is 394 Å². The van der Waals surface area contributed by atoms with Gasteiger partial charge < -0.3 is 0 Å². The van der Waals surface area contributed by atoms with E-state index in [-0.39, 0.29) is 11.8 Å². The summed E-state index contributed by atoms with van der Waals surface area (Å²) in [6, 6.07) is 74.6. The Balaban J connectivity index is 0.922. The monoisotopic (exact) mass is 868 g/mol. The summed E-state index contributed by atoms with van der Waals surface area (Å²) in [5.74, 6) is 1.46. The highest BCUT2D eigenvalue weighted by Crippen LogP contribution is 2.56. The van der Waals surface area contributed by atoms with E-state index in [2.05, 4.69) is 162 Å². The van der Waals surface area contributed by atoms with Crippen LogP contribution in [0, 0.1) is 0 Å². The van der Waals surface area contributed by atoms with E-state index < -0.39 is 0 Å². The molecule has 6 nitrogen and oxygen atoms in total. The molecule has 4 heterocycles. The fourth-order valence-corrected chi connectivity index (χ4v) is 10.2. The molecule has 0 saturated heterocycles. The molecule has 3 aliphatic rings. The summed E-state index contributed by atoms with van der Waals surface area (Å²) in [7, 11) is 0. The minimum atomic E-state index is 0.0482. The van der Waals surface area contributed by atoms with Gasteiger partial charge in [0.15, 0.2) is 11.6 Å². The van der Waals surface area contributed by atoms with Gasteiger partial charge in [0.1, 0.15) is 0 Å². The van der Waals surface area contributed by atoms with Crippen LogP contribution < -0.4 is 0 Å². The molecule has 2 atom stereocenters. The number of hydrogen-bond acceptors (Lipinski definition) is 6. The highest BCUT2D eigenvalue weighted by molar-refractivity contribution is 5.80. The van der Waals surface area contributed by atoms with Crippen molar-refractivity contribution in [2.75, 3.05) is 0 Å². The third kappa shape index (κ3) is 6.98. The second kappa shape index (κ2) is 16.5. The molecule has 7 aromatic carbocycles. The largest absolute Gasteiger partial charge is 0.263 e. The molecule has 3 aliphatic carbocycles. The van der Waals surface area contributed by atoms with E-state index >= 15 is 0 Å². The molecule has 0 fully saturated rings. The van der Waals surface area contributed by atoms with Crippen LogP contribution in [0.2, 0.25) is 0 Å². The SMILES string of the molecule is c1ccc(-c2cncc(-c3cc(-c4ccc5c(c4)C4c6ccccc6C5c5cc(-c6cc(-c7cccc(-c8ccccn8)c7)nc(-c7ccccc7)n6)ccc54)nc(-c4ccccc4)n3)c2)cc1. The van der Waals surface area contributed by atoms with Gasteiger partial charge in [0.05, 0.1) is 28.5 Å². The van der Waals surface area contributed by atoms with Crippen LogP contribution in [0.4, 0.5) is 0 Å². The second-order valence-corrected chi connectivity index (χ2v) is 17.5. The molecule has 6 heteroatoms. The molecule has 0 radical (unpaired) electrons. The van der Waals surface area contributed by atoms with Crippen molar-refractivity contribution >= 4 is 0 Å². The van der Waals surface area contributed by atoms with Crippen LogP contribution in [0.25, 0.3) is 90.2 Å². The number of rotatable bonds is 8. The van der Waals surface area contributed by atoms with Crippen molar-refractivity contribution < 1.29 is 0 Å². The molecule has 68 heavy (non-hydrogen) atoms. The summed E-state index contributed by atoms with van der Waals surface area (Å²) in [5, 5.41) is 0. The lowest BCUT2D eigenvalue weighted by molar-refractivity contribution is 0.755. The summed E-state index contributed by atoms with van der Waals surface area (Å²) in [6.45, 7) is 0. The van der Waals surface area contributed by atoms with Gasteiger partial charge in [-0.1, -0.05) is 164 Å². The van der Waals surface area contributed by atoms with Crippen molar-refractivity contribution in [1.82, 2.24) is 29.9 Å². The molecular formula is C62H40N6. The number of pyridine rings is 2. The molecule has 4 aromatic heterocycles. The minimum absolute atomic E-state index is 0.0482. The second-order valence-electron chi connectivity index (χ2n) is 17.5. The van der Waals surface area contributed by atoms with Crippen molar-refractivity contribution in [2.45, 2.75) is 11.8 Å². The lowest BCUT2D eigenvalue weighted by Gasteiger charge is -2.42. The maximum Gasteiger partial charge on any atom is 0.160 e. The van der Waals surface area contributed by atoms with Crippen LogP contribution in [0.15, 0.2) is 231 Å². The zero-order valence-electron chi connectivity index (χ0n) is 36.8. The molecule has 11 aromatic rings. The quantitative estimate of drug-likeness (QED) is 0.151. The third-order valence-corrected chi connectivity index (χ3v) is 13.4. The van der Waals surface area contributed by atoms with Gasteiger partial charge in [-0.3, -0.25) is 9.97 Å². The van der Waals surface area contributed by atoms with Gasteiger partial charge in [-0.15, -0.1) is 0 Å². The molecule has 14 rings (SSSR count). The minimum Gasteiger partial charge on any atom is -0.263 e. The first kappa shape index (κ1) is 39.4. The van der Waals surface area contributed by atoms with E-state index in [1.165, 1.54) is 33.4 Å². The van der Waals surface area contributed by atoms with Crippen molar-refractivity contribution in [1.29, 1.82) is 0 Å². The molecule has 0 amide bonds. The van der Waals surface area contributed by atoms with Crippen molar-refractivity contribution in [3.05, 3.63) is 264 Å². The standard InChI is InChI=1S/C62H40N6/c1-4-15-39(16-5-1)46-32-47(38-63-37-46)58-36-57(67-62(68-58)41-19-8-3-9-20-41)45-27-29-51-53(34-45)60-49-24-11-10-23-48(49)59(51)52-33-44(26-28-50(52)60)56-35-55(65-61(66-56)40-17-6-2-7-18-40)43-22-14-21-42(31-43)54-25-12-13-30-64-54/h1-38,59-60H. The average Bonchev–Trinajstić information content (AvgIpc) is 3.43. The van der Waals surface area contributed by atoms with Crippen LogP contribution >= 0.6 is 0 Å². The first-order chi connectivity index (χ1) is 33.7. The van der Waals surface area contributed by atoms with E-state index in [4.69, 9.17) is 19.9 Å². The van der Waals surface area contributed by atoms with Crippen molar-refractivity contribution in [3.63, 3.8) is 0 Å². The zero-order chi connectivity index (χ0) is 45.0. The van der Waals surface area contributed by atoms with Crippen LogP contribution in [0.1, 0.15) is 45.2 Å². The number of aromatic nitrogens is 6. The summed E-state index contributed by atoms with van der Waals surface area (Å²) in [6.07, 6.45) is 5.64. The summed E-state index contributed by atoms with van der Waals surface area (Å²) in [4.78, 5) is 30.1. The van der Waals surface area contributed by atoms with Crippen LogP contribution in [0.3, 0.4) is 0 Å². The normalized spacial score (nSPS) is 14.2. The van der Waals surface area contributed by atoms with E-state index in [1.807, 2.05) is 79.3 Å². The van der Waals surface area contributed by atoms with Gasteiger partial charge in [-0.05, 0) is 87.5 Å². The maximum absolute atomic E-state index is 5.26. The lowest BCUT2D eigenvalue weighted by atomic mass is 9.60. The van der Waals surface area contributed by atoms with Gasteiger partial charge in [-0.25, -0.2) is 19.9 Å². The van der Waals surface area contributed by atoms with E-state index in [0.717, 1.165) is 78.5 Å². The highest BCUT2D eigenvalue weighted by Gasteiger charge is 2.41. The molecule has 0 spiro atoms. The zero-order valence-corrected chi connectivity index (χ0v) is 36.8. The van der Waals surface area contributed by atoms with Gasteiger partial charge in [-0.2, -0.15) is 0 Å². The van der Waals surface area contributed by atoms with Gasteiger partial charge in [0.2, 0.25) is 0 Å². The third-order valence-electron chi connectivity index (χ3n) is 13.4. The van der Waals surface area contributed by atoms with Crippen molar-refractivity contribution in [3.8, 4) is 90.2 Å². The molecule has 0 N–H and O–H groups in total. The first-order valence-corrected chi connectivity index (χ1v) is 23.0. The Bertz CT molecular complexity index is 3440. The molecule has 2 unspecified atom stereocenters. The molecule has 318 valence electrons. The average molecular weight is 869 g/mol. The molecular weight excluding hydrogens is 829 g/mol. The van der Waals surface area contributed by atoms with E-state index in [0.29, 0.717) is 11.6 Å². The summed E-state index contributed by atoms with van der Waals surface area (Å²) >= 11 is 0. The predicted molar refractivity (Wildman–Crippen MR) is 271 cm³/mol. The molecule has 0 aliphatic heterocycles. The summed E-state index contributed by atoms with van der Waals surface area (Å²) < 4.78 is 0. The van der Waals surface area contributed by atoms with Gasteiger partial charge in [0, 0.05) is 74.9 Å². The highest BCUT2D eigenvalue weighted by atomic mass is 14.9. The topological polar surface area (TPSA) is 77.3 Å². The predicted octanol–water partition coefficient (Wildman–Crippen LogP) is 14.4. The Hall–Kier alpha value is -9.00. The Morgan fingerprint density at radius 3 is 1.19 bits per heavy atom. The Morgan fingerprint density at radius 2 is 0.662 bits per heavy atom. The molecule has 2 bridgehead atoms. The smallest absolute Gasteiger partial charge is 0.160 e. The number of benzene rings is 7. The number of hydrogen-bond donors (Lipinski definition) is 0. The van der Waals surface area contributed by atoms with Gasteiger partial charge >= 0.3 is 0 Å². The maximum atomic E-state index is 5.26. The molecule has 0 saturated carbocycles. The lowest BCUT2D eigenvalue weighted by Crippen LogP contribution is -2.27. The van der Waals surface area contributed by atoms with Crippen LogP contribution in [0.5, 0.6) is 0 Å². The summed E-state index contributed by atoms with van der Waals surface area (Å²) in [5.41, 5.74) is 21.5. The Kier molecular flexibility index (Phi) is 9.53. The van der Waals surface area contributed by atoms with E-state index in [1.54, 1.807) is 0 Å². The fraction of sp³-hybridized carbons (Fsp3) is 0.0323. The van der Waals surface area contributed by atoms with Crippen molar-refractivity contribution in [2.24, 2.45) is 0 Å². The number of nitrogens with zero attached hydrogens (tertiary/aromatic N) is 6. The fourth-order valence-electron chi connectivity index (χ4n) is 10.2. The van der Waals surface area contributed by atoms with Crippen LogP contribution in [-0.4, -0.2) is 29.9 Å². The Morgan fingerprint density at radius 1 is 0.250 bits per heavy atom. The van der Waals surface area contributed by atoms with Crippen LogP contribution in [-0.2, 0) is 0 Å². The first-order valence-electron chi connectivity index (χ1n) is 23.0.